The fourth-order valence-corrected chi connectivity index (χ4v) is 2.57. The zero-order chi connectivity index (χ0) is 10.9. The molecule has 3 nitrogen and oxygen atoms in total. The molecule has 1 aliphatic rings. The molecule has 0 aromatic carbocycles. The second-order valence-corrected chi connectivity index (χ2v) is 5.03. The van der Waals surface area contributed by atoms with E-state index < -0.39 is 0 Å². The van der Waals surface area contributed by atoms with Gasteiger partial charge in [-0.05, 0) is 25.0 Å². The number of amides is 1. The van der Waals surface area contributed by atoms with Gasteiger partial charge >= 0.3 is 0 Å². The molecule has 1 N–H and O–H groups in total. The third-order valence-electron chi connectivity index (χ3n) is 2.63. The molecule has 1 heterocycles. The lowest BCUT2D eigenvalue weighted by atomic mass is 10.2. The minimum Gasteiger partial charge on any atom is -0.396 e. The summed E-state index contributed by atoms with van der Waals surface area (Å²) < 4.78 is 0. The minimum atomic E-state index is 0.227. The molecule has 0 spiro atoms. The number of hydrogen-bond acceptors (Lipinski definition) is 3. The highest BCUT2D eigenvalue weighted by Gasteiger charge is 2.14. The Bertz CT molecular complexity index is 179. The van der Waals surface area contributed by atoms with Crippen molar-refractivity contribution in [1.29, 1.82) is 0 Å². The maximum Gasteiger partial charge on any atom is 0.232 e. The monoisotopic (exact) mass is 231 g/mol. The van der Waals surface area contributed by atoms with Gasteiger partial charge in [-0.25, -0.2) is 0 Å². The molecule has 0 radical (unpaired) electrons. The van der Waals surface area contributed by atoms with E-state index in [9.17, 15) is 4.79 Å². The van der Waals surface area contributed by atoms with Gasteiger partial charge in [0.1, 0.15) is 0 Å². The molecular weight excluding hydrogens is 210 g/mol. The van der Waals surface area contributed by atoms with Crippen molar-refractivity contribution in [3.05, 3.63) is 0 Å². The zero-order valence-electron chi connectivity index (χ0n) is 9.28. The lowest BCUT2D eigenvalue weighted by Gasteiger charge is -2.19. The van der Waals surface area contributed by atoms with Gasteiger partial charge in [-0.3, -0.25) is 4.79 Å². The van der Waals surface area contributed by atoms with Gasteiger partial charge in [0.05, 0.1) is 5.75 Å². The first kappa shape index (κ1) is 12.8. The summed E-state index contributed by atoms with van der Waals surface area (Å²) in [6.07, 6.45) is 5.64. The van der Waals surface area contributed by atoms with Crippen LogP contribution in [0.3, 0.4) is 0 Å². The molecular formula is C11H21NO2S. The van der Waals surface area contributed by atoms with E-state index in [4.69, 9.17) is 5.11 Å². The number of carbonyl (C=O) groups excluding carboxylic acids is 1. The minimum absolute atomic E-state index is 0.227. The Morgan fingerprint density at radius 2 is 1.87 bits per heavy atom. The summed E-state index contributed by atoms with van der Waals surface area (Å²) in [7, 11) is 0. The van der Waals surface area contributed by atoms with E-state index >= 15 is 0 Å². The lowest BCUT2D eigenvalue weighted by Crippen LogP contribution is -2.33. The number of aliphatic hydroxyl groups is 1. The quantitative estimate of drug-likeness (QED) is 0.729. The van der Waals surface area contributed by atoms with E-state index in [-0.39, 0.29) is 12.5 Å². The maximum absolute atomic E-state index is 11.8. The topological polar surface area (TPSA) is 40.5 Å². The molecule has 15 heavy (non-hydrogen) atoms. The van der Waals surface area contributed by atoms with Crippen LogP contribution in [0.1, 0.15) is 32.1 Å². The smallest absolute Gasteiger partial charge is 0.232 e. The largest absolute Gasteiger partial charge is 0.396 e. The van der Waals surface area contributed by atoms with Crippen LogP contribution in [0.5, 0.6) is 0 Å². The summed E-state index contributed by atoms with van der Waals surface area (Å²) >= 11 is 1.64. The second-order valence-electron chi connectivity index (χ2n) is 3.92. The van der Waals surface area contributed by atoms with Crippen LogP contribution in [0, 0.1) is 0 Å². The average Bonchev–Trinajstić information content (AvgIpc) is 2.52. The molecule has 88 valence electrons. The van der Waals surface area contributed by atoms with Gasteiger partial charge in [-0.1, -0.05) is 12.8 Å². The number of nitrogens with zero attached hydrogens (tertiary/aromatic N) is 1. The van der Waals surface area contributed by atoms with E-state index in [0.717, 1.165) is 38.1 Å². The molecule has 0 atom stereocenters. The van der Waals surface area contributed by atoms with Crippen LogP contribution in [-0.2, 0) is 4.79 Å². The Morgan fingerprint density at radius 1 is 1.20 bits per heavy atom. The van der Waals surface area contributed by atoms with Gasteiger partial charge in [-0.2, -0.15) is 11.8 Å². The molecule has 1 rings (SSSR count). The van der Waals surface area contributed by atoms with Crippen LogP contribution in [0.25, 0.3) is 0 Å². The Morgan fingerprint density at radius 3 is 2.47 bits per heavy atom. The van der Waals surface area contributed by atoms with Crippen LogP contribution >= 0.6 is 11.8 Å². The van der Waals surface area contributed by atoms with Crippen molar-refractivity contribution < 1.29 is 9.90 Å². The molecule has 0 unspecified atom stereocenters. The van der Waals surface area contributed by atoms with E-state index in [1.165, 1.54) is 12.8 Å². The third-order valence-corrected chi connectivity index (χ3v) is 3.66. The second kappa shape index (κ2) is 7.99. The highest BCUT2D eigenvalue weighted by atomic mass is 32.2. The van der Waals surface area contributed by atoms with E-state index in [1.807, 2.05) is 4.90 Å². The number of likely N-dealkylation sites (tertiary alicyclic amines) is 1. The van der Waals surface area contributed by atoms with Crippen molar-refractivity contribution in [2.45, 2.75) is 32.1 Å². The van der Waals surface area contributed by atoms with Crippen LogP contribution in [0.15, 0.2) is 0 Å². The van der Waals surface area contributed by atoms with Crippen LogP contribution in [0.2, 0.25) is 0 Å². The molecule has 0 aromatic rings. The van der Waals surface area contributed by atoms with Crippen LogP contribution in [0.4, 0.5) is 0 Å². The van der Waals surface area contributed by atoms with Crippen molar-refractivity contribution in [2.75, 3.05) is 31.2 Å². The molecule has 1 aliphatic heterocycles. The summed E-state index contributed by atoms with van der Waals surface area (Å²) in [6.45, 7) is 2.11. The highest BCUT2D eigenvalue weighted by Crippen LogP contribution is 2.12. The number of rotatable bonds is 5. The van der Waals surface area contributed by atoms with Crippen molar-refractivity contribution in [3.63, 3.8) is 0 Å². The molecule has 0 saturated carbocycles. The number of hydrogen-bond donors (Lipinski definition) is 1. The summed E-state index contributed by atoms with van der Waals surface area (Å²) in [5, 5.41) is 8.61. The standard InChI is InChI=1S/C11H21NO2S/c13-8-5-9-15-10-11(14)12-6-3-1-2-4-7-12/h13H,1-10H2. The first-order valence-electron chi connectivity index (χ1n) is 5.81. The zero-order valence-corrected chi connectivity index (χ0v) is 10.1. The Kier molecular flexibility index (Phi) is 6.85. The molecule has 4 heteroatoms. The van der Waals surface area contributed by atoms with Crippen LogP contribution < -0.4 is 0 Å². The number of thioether (sulfide) groups is 1. The number of carbonyl (C=O) groups is 1. The third kappa shape index (κ3) is 5.42. The van der Waals surface area contributed by atoms with Crippen molar-refractivity contribution in [2.24, 2.45) is 0 Å². The number of aliphatic hydroxyl groups excluding tert-OH is 1. The van der Waals surface area contributed by atoms with Crippen LogP contribution in [-0.4, -0.2) is 47.1 Å². The van der Waals surface area contributed by atoms with Crippen molar-refractivity contribution in [1.82, 2.24) is 4.90 Å². The fraction of sp³-hybridized carbons (Fsp3) is 0.909. The Balaban J connectivity index is 2.14. The Hall–Kier alpha value is -0.220. The van der Waals surface area contributed by atoms with Gasteiger partial charge in [0.15, 0.2) is 0 Å². The normalized spacial score (nSPS) is 17.5. The summed E-state index contributed by atoms with van der Waals surface area (Å²) in [5.41, 5.74) is 0. The van der Waals surface area contributed by atoms with Gasteiger partial charge < -0.3 is 10.0 Å². The van der Waals surface area contributed by atoms with Gasteiger partial charge in [0.2, 0.25) is 5.91 Å². The first-order valence-corrected chi connectivity index (χ1v) is 6.96. The molecule has 1 amide bonds. The Labute approximate surface area is 96.2 Å². The average molecular weight is 231 g/mol. The first-order chi connectivity index (χ1) is 7.34. The summed E-state index contributed by atoms with van der Waals surface area (Å²) in [4.78, 5) is 13.8. The van der Waals surface area contributed by atoms with Gasteiger partial charge in [0.25, 0.3) is 0 Å². The SMILES string of the molecule is O=C(CSCCCO)N1CCCCCC1. The predicted octanol–water partition coefficient (Wildman–Crippen LogP) is 1.50. The van der Waals surface area contributed by atoms with E-state index in [0.29, 0.717) is 5.75 Å². The van der Waals surface area contributed by atoms with Crippen molar-refractivity contribution in [3.8, 4) is 0 Å². The molecule has 0 bridgehead atoms. The maximum atomic E-state index is 11.8. The van der Waals surface area contributed by atoms with E-state index in [2.05, 4.69) is 0 Å². The predicted molar refractivity (Wildman–Crippen MR) is 64.1 cm³/mol. The molecule has 0 aromatic heterocycles. The van der Waals surface area contributed by atoms with Crippen molar-refractivity contribution >= 4 is 17.7 Å². The summed E-state index contributed by atoms with van der Waals surface area (Å²) in [5.74, 6) is 1.75. The fourth-order valence-electron chi connectivity index (χ4n) is 1.74. The molecule has 1 saturated heterocycles. The van der Waals surface area contributed by atoms with Gasteiger partial charge in [-0.15, -0.1) is 0 Å². The molecule has 0 aliphatic carbocycles. The molecule has 1 fully saturated rings. The summed E-state index contributed by atoms with van der Waals surface area (Å²) in [6, 6.07) is 0. The highest BCUT2D eigenvalue weighted by molar-refractivity contribution is 7.99. The van der Waals surface area contributed by atoms with Gasteiger partial charge in [0, 0.05) is 19.7 Å². The lowest BCUT2D eigenvalue weighted by molar-refractivity contribution is -0.128. The van der Waals surface area contributed by atoms with E-state index in [1.54, 1.807) is 11.8 Å².